The van der Waals surface area contributed by atoms with Crippen molar-refractivity contribution in [3.05, 3.63) is 71.3 Å². The number of sulfonamides is 1. The van der Waals surface area contributed by atoms with Crippen LogP contribution in [-0.2, 0) is 20.6 Å². The van der Waals surface area contributed by atoms with Crippen LogP contribution < -0.4 is 5.32 Å². The minimum absolute atomic E-state index is 0.00861. The van der Waals surface area contributed by atoms with Gasteiger partial charge in [0.15, 0.2) is 0 Å². The minimum Gasteiger partial charge on any atom is -0.351 e. The highest BCUT2D eigenvalue weighted by Gasteiger charge is 2.28. The van der Waals surface area contributed by atoms with Crippen molar-refractivity contribution in [3.63, 3.8) is 0 Å². The fourth-order valence-electron chi connectivity index (χ4n) is 3.30. The van der Waals surface area contributed by atoms with E-state index in [2.05, 4.69) is 5.32 Å². The highest BCUT2D eigenvalue weighted by atomic mass is 32.2. The first-order valence-electron chi connectivity index (χ1n) is 9.79. The number of nitrogens with one attached hydrogen (secondary N) is 1. The monoisotopic (exact) mass is 451 g/mol. The van der Waals surface area contributed by atoms with E-state index in [1.54, 1.807) is 29.2 Å². The van der Waals surface area contributed by atoms with E-state index < -0.39 is 27.6 Å². The molecular weight excluding hydrogens is 428 g/mol. The lowest BCUT2D eigenvalue weighted by molar-refractivity contribution is -0.132. The smallest absolute Gasteiger partial charge is 0.254 e. The van der Waals surface area contributed by atoms with Crippen molar-refractivity contribution in [2.24, 2.45) is 0 Å². The minimum atomic E-state index is -3.48. The predicted octanol–water partition coefficient (Wildman–Crippen LogP) is 1.76. The maximum atomic E-state index is 13.6. The number of carbonyl (C=O) groups is 2. The molecule has 1 heterocycles. The first-order chi connectivity index (χ1) is 14.8. The van der Waals surface area contributed by atoms with E-state index >= 15 is 0 Å². The molecule has 1 fully saturated rings. The second-order valence-electron chi connectivity index (χ2n) is 7.15. The van der Waals surface area contributed by atoms with Crippen LogP contribution in [0, 0.1) is 11.6 Å². The molecule has 2 aromatic carbocycles. The van der Waals surface area contributed by atoms with Crippen molar-refractivity contribution < 1.29 is 26.8 Å². The third kappa shape index (κ3) is 6.08. The molecule has 7 nitrogen and oxygen atoms in total. The number of halogens is 2. The number of nitrogens with zero attached hydrogens (tertiary/aromatic N) is 2. The molecular formula is C21H23F2N3O4S. The van der Waals surface area contributed by atoms with Crippen molar-refractivity contribution in [1.29, 1.82) is 0 Å². The Morgan fingerprint density at radius 2 is 1.65 bits per heavy atom. The van der Waals surface area contributed by atoms with Gasteiger partial charge in [0, 0.05) is 45.2 Å². The predicted molar refractivity (Wildman–Crippen MR) is 111 cm³/mol. The summed E-state index contributed by atoms with van der Waals surface area (Å²) in [6.45, 7) is 0.907. The van der Waals surface area contributed by atoms with Crippen LogP contribution in [0.4, 0.5) is 8.78 Å². The topological polar surface area (TPSA) is 86.8 Å². The lowest BCUT2D eigenvalue weighted by Gasteiger charge is -2.34. The quantitative estimate of drug-likeness (QED) is 0.695. The molecule has 0 radical (unpaired) electrons. The fourth-order valence-corrected chi connectivity index (χ4v) is 4.82. The SMILES string of the molecule is O=C(NCCC(=O)N1CCN(S(=O)(=O)Cc2ccccc2)CC1)c1ccc(F)cc1F. The summed E-state index contributed by atoms with van der Waals surface area (Å²) in [5.74, 6) is -2.82. The van der Waals surface area contributed by atoms with Gasteiger partial charge < -0.3 is 10.2 Å². The van der Waals surface area contributed by atoms with E-state index in [1.165, 1.54) is 4.31 Å². The van der Waals surface area contributed by atoms with Crippen LogP contribution in [-0.4, -0.2) is 62.2 Å². The van der Waals surface area contributed by atoms with Gasteiger partial charge in [0.1, 0.15) is 11.6 Å². The number of hydrogen-bond acceptors (Lipinski definition) is 4. The molecule has 3 rings (SSSR count). The molecule has 0 atom stereocenters. The maximum Gasteiger partial charge on any atom is 0.254 e. The zero-order valence-corrected chi connectivity index (χ0v) is 17.6. The summed E-state index contributed by atoms with van der Waals surface area (Å²) in [4.78, 5) is 25.9. The van der Waals surface area contributed by atoms with Crippen molar-refractivity contribution in [3.8, 4) is 0 Å². The molecule has 31 heavy (non-hydrogen) atoms. The number of hydrogen-bond donors (Lipinski definition) is 1. The number of piperazine rings is 1. The lowest BCUT2D eigenvalue weighted by Crippen LogP contribution is -2.51. The largest absolute Gasteiger partial charge is 0.351 e. The first-order valence-corrected chi connectivity index (χ1v) is 11.4. The van der Waals surface area contributed by atoms with E-state index in [-0.39, 0.29) is 56.4 Å². The van der Waals surface area contributed by atoms with Crippen LogP contribution >= 0.6 is 0 Å². The third-order valence-electron chi connectivity index (χ3n) is 4.98. The molecule has 1 aliphatic rings. The van der Waals surface area contributed by atoms with Gasteiger partial charge in [-0.05, 0) is 17.7 Å². The Morgan fingerprint density at radius 1 is 0.968 bits per heavy atom. The second-order valence-corrected chi connectivity index (χ2v) is 9.12. The summed E-state index contributed by atoms with van der Waals surface area (Å²) in [7, 11) is -3.48. The number of carbonyl (C=O) groups excluding carboxylic acids is 2. The summed E-state index contributed by atoms with van der Waals surface area (Å²) >= 11 is 0. The van der Waals surface area contributed by atoms with Crippen LogP contribution in [0.1, 0.15) is 22.3 Å². The van der Waals surface area contributed by atoms with Gasteiger partial charge in [-0.15, -0.1) is 0 Å². The van der Waals surface area contributed by atoms with Crippen LogP contribution in [0.25, 0.3) is 0 Å². The number of benzene rings is 2. The van der Waals surface area contributed by atoms with Gasteiger partial charge in [-0.25, -0.2) is 17.2 Å². The van der Waals surface area contributed by atoms with Gasteiger partial charge in [0.25, 0.3) is 5.91 Å². The van der Waals surface area contributed by atoms with Crippen LogP contribution in [0.2, 0.25) is 0 Å². The third-order valence-corrected chi connectivity index (χ3v) is 6.83. The van der Waals surface area contributed by atoms with Gasteiger partial charge in [-0.1, -0.05) is 30.3 Å². The van der Waals surface area contributed by atoms with Gasteiger partial charge >= 0.3 is 0 Å². The molecule has 0 spiro atoms. The van der Waals surface area contributed by atoms with Crippen LogP contribution in [0.15, 0.2) is 48.5 Å². The number of amides is 2. The van der Waals surface area contributed by atoms with Gasteiger partial charge in [-0.3, -0.25) is 9.59 Å². The molecule has 1 saturated heterocycles. The molecule has 0 saturated carbocycles. The molecule has 0 aromatic heterocycles. The summed E-state index contributed by atoms with van der Waals surface area (Å²) in [5.41, 5.74) is 0.403. The van der Waals surface area contributed by atoms with Crippen LogP contribution in [0.5, 0.6) is 0 Å². The van der Waals surface area contributed by atoms with Crippen molar-refractivity contribution >= 4 is 21.8 Å². The zero-order valence-electron chi connectivity index (χ0n) is 16.8. The molecule has 166 valence electrons. The van der Waals surface area contributed by atoms with Crippen molar-refractivity contribution in [1.82, 2.24) is 14.5 Å². The Bertz CT molecular complexity index is 1040. The summed E-state index contributed by atoms with van der Waals surface area (Å²) < 4.78 is 53.1. The van der Waals surface area contributed by atoms with Gasteiger partial charge in [0.05, 0.1) is 11.3 Å². The Hall–Kier alpha value is -2.85. The molecule has 0 aliphatic carbocycles. The van der Waals surface area contributed by atoms with Crippen molar-refractivity contribution in [2.45, 2.75) is 12.2 Å². The molecule has 1 N–H and O–H groups in total. The van der Waals surface area contributed by atoms with Gasteiger partial charge in [-0.2, -0.15) is 4.31 Å². The average molecular weight is 451 g/mol. The molecule has 0 unspecified atom stereocenters. The highest BCUT2D eigenvalue weighted by molar-refractivity contribution is 7.88. The summed E-state index contributed by atoms with van der Waals surface area (Å²) in [6.07, 6.45) is -0.00861. The maximum absolute atomic E-state index is 13.6. The summed E-state index contributed by atoms with van der Waals surface area (Å²) in [5, 5.41) is 2.43. The normalized spacial score (nSPS) is 15.0. The average Bonchev–Trinajstić information content (AvgIpc) is 2.74. The van der Waals surface area contributed by atoms with E-state index in [0.717, 1.165) is 12.1 Å². The first kappa shape index (κ1) is 22.8. The van der Waals surface area contributed by atoms with Gasteiger partial charge in [0.2, 0.25) is 15.9 Å². The fraction of sp³-hybridized carbons (Fsp3) is 0.333. The van der Waals surface area contributed by atoms with E-state index in [4.69, 9.17) is 0 Å². The van der Waals surface area contributed by atoms with Crippen LogP contribution in [0.3, 0.4) is 0 Å². The lowest BCUT2D eigenvalue weighted by atomic mass is 10.2. The standard InChI is InChI=1S/C21H23F2N3O4S/c22-17-6-7-18(19(23)14-17)21(28)24-9-8-20(27)25-10-12-26(13-11-25)31(29,30)15-16-4-2-1-3-5-16/h1-7,14H,8-13,15H2,(H,24,28). The van der Waals surface area contributed by atoms with Crippen molar-refractivity contribution in [2.75, 3.05) is 32.7 Å². The molecule has 0 bridgehead atoms. The Balaban J connectivity index is 1.44. The Labute approximate surface area is 179 Å². The molecule has 2 amide bonds. The molecule has 10 heteroatoms. The zero-order chi connectivity index (χ0) is 22.4. The molecule has 2 aromatic rings. The Kier molecular flexibility index (Phi) is 7.34. The Morgan fingerprint density at radius 3 is 2.29 bits per heavy atom. The van der Waals surface area contributed by atoms with E-state index in [9.17, 15) is 26.8 Å². The summed E-state index contributed by atoms with van der Waals surface area (Å²) in [6, 6.07) is 11.5. The van der Waals surface area contributed by atoms with E-state index in [1.807, 2.05) is 6.07 Å². The molecule has 1 aliphatic heterocycles. The second kappa shape index (κ2) is 9.97. The highest BCUT2D eigenvalue weighted by Crippen LogP contribution is 2.14. The van der Waals surface area contributed by atoms with E-state index in [0.29, 0.717) is 11.6 Å². The number of rotatable bonds is 7.